The normalized spacial score (nSPS) is 12.1. The summed E-state index contributed by atoms with van der Waals surface area (Å²) < 4.78 is 25.7. The number of nitrogens with zero attached hydrogens (tertiary/aromatic N) is 1. The van der Waals surface area contributed by atoms with E-state index in [4.69, 9.17) is 0 Å². The van der Waals surface area contributed by atoms with E-state index < -0.39 is 5.92 Å². The molecule has 12 heavy (non-hydrogen) atoms. The van der Waals surface area contributed by atoms with Crippen molar-refractivity contribution < 1.29 is 8.78 Å². The predicted molar refractivity (Wildman–Crippen MR) is 46.6 cm³/mol. The first-order valence-electron chi connectivity index (χ1n) is 3.83. The molecule has 0 saturated heterocycles. The molecule has 0 aliphatic rings. The van der Waals surface area contributed by atoms with Crippen LogP contribution in [0.2, 0.25) is 0 Å². The standard InChI is InChI=1S/C8H16F2N2/c1-4-5-12(3)7-8(9,10)6-11-2/h4,11H,1,5-7H2,2-3H3. The van der Waals surface area contributed by atoms with Gasteiger partial charge < -0.3 is 5.32 Å². The van der Waals surface area contributed by atoms with Gasteiger partial charge in [0.25, 0.3) is 5.92 Å². The average molecular weight is 178 g/mol. The Morgan fingerprint density at radius 1 is 1.58 bits per heavy atom. The van der Waals surface area contributed by atoms with Crippen LogP contribution >= 0.6 is 0 Å². The van der Waals surface area contributed by atoms with Gasteiger partial charge in [-0.1, -0.05) is 6.08 Å². The lowest BCUT2D eigenvalue weighted by atomic mass is 10.3. The van der Waals surface area contributed by atoms with E-state index >= 15 is 0 Å². The lowest BCUT2D eigenvalue weighted by molar-refractivity contribution is -0.0210. The van der Waals surface area contributed by atoms with Gasteiger partial charge in [-0.3, -0.25) is 4.90 Å². The SMILES string of the molecule is C=CCN(C)CC(F)(F)CNC. The van der Waals surface area contributed by atoms with Crippen LogP contribution in [0.1, 0.15) is 0 Å². The van der Waals surface area contributed by atoms with Gasteiger partial charge in [-0.2, -0.15) is 0 Å². The molecule has 0 aliphatic carbocycles. The van der Waals surface area contributed by atoms with E-state index in [-0.39, 0.29) is 13.1 Å². The zero-order valence-electron chi connectivity index (χ0n) is 7.61. The largest absolute Gasteiger partial charge is 0.314 e. The fourth-order valence-electron chi connectivity index (χ4n) is 0.994. The first-order chi connectivity index (χ1) is 5.52. The van der Waals surface area contributed by atoms with Crippen LogP contribution in [0.5, 0.6) is 0 Å². The molecule has 0 unspecified atom stereocenters. The summed E-state index contributed by atoms with van der Waals surface area (Å²) in [4.78, 5) is 1.53. The highest BCUT2D eigenvalue weighted by molar-refractivity contribution is 4.77. The lowest BCUT2D eigenvalue weighted by Crippen LogP contribution is -2.41. The maximum atomic E-state index is 12.9. The van der Waals surface area contributed by atoms with Crippen molar-refractivity contribution in [3.8, 4) is 0 Å². The molecule has 0 aromatic carbocycles. The Balaban J connectivity index is 3.78. The molecular formula is C8H16F2N2. The van der Waals surface area contributed by atoms with Crippen molar-refractivity contribution in [3.63, 3.8) is 0 Å². The third-order valence-electron chi connectivity index (χ3n) is 1.38. The second-order valence-electron chi connectivity index (χ2n) is 2.87. The molecule has 4 heteroatoms. The molecule has 1 N–H and O–H groups in total. The number of halogens is 2. The summed E-state index contributed by atoms with van der Waals surface area (Å²) in [5.41, 5.74) is 0. The molecule has 0 heterocycles. The zero-order chi connectivity index (χ0) is 9.61. The van der Waals surface area contributed by atoms with E-state index in [2.05, 4.69) is 11.9 Å². The molecule has 0 radical (unpaired) electrons. The monoisotopic (exact) mass is 178 g/mol. The molecule has 0 aromatic rings. The molecule has 0 spiro atoms. The summed E-state index contributed by atoms with van der Waals surface area (Å²) in [7, 11) is 3.16. The van der Waals surface area contributed by atoms with Crippen molar-refractivity contribution >= 4 is 0 Å². The summed E-state index contributed by atoms with van der Waals surface area (Å²) in [5, 5.41) is 2.45. The molecule has 0 amide bonds. The number of hydrogen-bond acceptors (Lipinski definition) is 2. The van der Waals surface area contributed by atoms with Gasteiger partial charge in [0.2, 0.25) is 0 Å². The highest BCUT2D eigenvalue weighted by Gasteiger charge is 2.28. The van der Waals surface area contributed by atoms with Gasteiger partial charge in [0.15, 0.2) is 0 Å². The van der Waals surface area contributed by atoms with Gasteiger partial charge >= 0.3 is 0 Å². The molecule has 2 nitrogen and oxygen atoms in total. The third-order valence-corrected chi connectivity index (χ3v) is 1.38. The summed E-state index contributed by atoms with van der Waals surface area (Å²) in [6.45, 7) is 3.44. The molecule has 0 rings (SSSR count). The quantitative estimate of drug-likeness (QED) is 0.609. The van der Waals surface area contributed by atoms with Crippen LogP contribution in [0.4, 0.5) is 8.78 Å². The van der Waals surface area contributed by atoms with Crippen LogP contribution in [0.3, 0.4) is 0 Å². The Morgan fingerprint density at radius 2 is 2.17 bits per heavy atom. The Bertz CT molecular complexity index is 137. The third kappa shape index (κ3) is 5.21. The molecule has 72 valence electrons. The lowest BCUT2D eigenvalue weighted by Gasteiger charge is -2.22. The number of rotatable bonds is 6. The minimum atomic E-state index is -2.66. The van der Waals surface area contributed by atoms with Crippen molar-refractivity contribution in [2.24, 2.45) is 0 Å². The number of nitrogens with one attached hydrogen (secondary N) is 1. The molecule has 0 fully saturated rings. The van der Waals surface area contributed by atoms with Crippen molar-refractivity contribution in [3.05, 3.63) is 12.7 Å². The van der Waals surface area contributed by atoms with E-state index in [1.165, 1.54) is 11.9 Å². The average Bonchev–Trinajstić information content (AvgIpc) is 1.85. The summed E-state index contributed by atoms with van der Waals surface area (Å²) >= 11 is 0. The molecule has 0 bridgehead atoms. The fourth-order valence-corrected chi connectivity index (χ4v) is 0.994. The van der Waals surface area contributed by atoms with Crippen molar-refractivity contribution in [1.82, 2.24) is 10.2 Å². The first kappa shape index (κ1) is 11.5. The molecule has 0 atom stereocenters. The predicted octanol–water partition coefficient (Wildman–Crippen LogP) is 0.959. The number of alkyl halides is 2. The van der Waals surface area contributed by atoms with Crippen LogP contribution in [0.25, 0.3) is 0 Å². The second kappa shape index (κ2) is 5.22. The summed E-state index contributed by atoms with van der Waals surface area (Å²) in [6.07, 6.45) is 1.61. The summed E-state index contributed by atoms with van der Waals surface area (Å²) in [6, 6.07) is 0. The highest BCUT2D eigenvalue weighted by atomic mass is 19.3. The Kier molecular flexibility index (Phi) is 5.01. The van der Waals surface area contributed by atoms with E-state index in [1.54, 1.807) is 13.1 Å². The smallest absolute Gasteiger partial charge is 0.272 e. The van der Waals surface area contributed by atoms with Gasteiger partial charge in [-0.15, -0.1) is 6.58 Å². The fraction of sp³-hybridized carbons (Fsp3) is 0.750. The second-order valence-corrected chi connectivity index (χ2v) is 2.87. The first-order valence-corrected chi connectivity index (χ1v) is 3.83. The topological polar surface area (TPSA) is 15.3 Å². The minimum absolute atomic E-state index is 0.236. The van der Waals surface area contributed by atoms with E-state index in [0.29, 0.717) is 6.54 Å². The van der Waals surface area contributed by atoms with Gasteiger partial charge in [0, 0.05) is 6.54 Å². The van der Waals surface area contributed by atoms with Gasteiger partial charge in [0.05, 0.1) is 13.1 Å². The Hall–Kier alpha value is -0.480. The van der Waals surface area contributed by atoms with Crippen molar-refractivity contribution in [2.45, 2.75) is 5.92 Å². The van der Waals surface area contributed by atoms with E-state index in [0.717, 1.165) is 0 Å². The maximum absolute atomic E-state index is 12.9. The Labute approximate surface area is 72.2 Å². The Morgan fingerprint density at radius 3 is 2.58 bits per heavy atom. The zero-order valence-corrected chi connectivity index (χ0v) is 7.61. The van der Waals surface area contributed by atoms with E-state index in [1.807, 2.05) is 0 Å². The van der Waals surface area contributed by atoms with Crippen LogP contribution in [-0.2, 0) is 0 Å². The highest BCUT2D eigenvalue weighted by Crippen LogP contribution is 2.12. The maximum Gasteiger partial charge on any atom is 0.272 e. The van der Waals surface area contributed by atoms with Crippen molar-refractivity contribution in [2.75, 3.05) is 33.7 Å². The van der Waals surface area contributed by atoms with Crippen LogP contribution < -0.4 is 5.32 Å². The van der Waals surface area contributed by atoms with Crippen molar-refractivity contribution in [1.29, 1.82) is 0 Å². The molecule has 0 aliphatic heterocycles. The molecule has 0 saturated carbocycles. The minimum Gasteiger partial charge on any atom is -0.314 e. The number of hydrogen-bond donors (Lipinski definition) is 1. The van der Waals surface area contributed by atoms with Crippen LogP contribution in [0, 0.1) is 0 Å². The molecule has 0 aromatic heterocycles. The van der Waals surface area contributed by atoms with Gasteiger partial charge in [0.1, 0.15) is 0 Å². The van der Waals surface area contributed by atoms with Gasteiger partial charge in [-0.25, -0.2) is 8.78 Å². The van der Waals surface area contributed by atoms with Crippen LogP contribution in [-0.4, -0.2) is 44.6 Å². The van der Waals surface area contributed by atoms with Crippen LogP contribution in [0.15, 0.2) is 12.7 Å². The number of likely N-dealkylation sites (N-methyl/N-ethyl adjacent to an activating group) is 1. The van der Waals surface area contributed by atoms with Gasteiger partial charge in [-0.05, 0) is 14.1 Å². The summed E-state index contributed by atoms with van der Waals surface area (Å²) in [5.74, 6) is -2.66. The van der Waals surface area contributed by atoms with E-state index in [9.17, 15) is 8.78 Å². The molecular weight excluding hydrogens is 162 g/mol.